The minimum absolute atomic E-state index is 0.0114. The highest BCUT2D eigenvalue weighted by Gasteiger charge is 2.30. The van der Waals surface area contributed by atoms with Crippen LogP contribution < -0.4 is 21.3 Å². The summed E-state index contributed by atoms with van der Waals surface area (Å²) in [7, 11) is 0. The molecule has 0 aliphatic rings. The van der Waals surface area contributed by atoms with Crippen LogP contribution in [0.3, 0.4) is 0 Å². The van der Waals surface area contributed by atoms with Gasteiger partial charge in [-0.3, -0.25) is 19.1 Å². The highest BCUT2D eigenvalue weighted by molar-refractivity contribution is 7.99. The fourth-order valence-corrected chi connectivity index (χ4v) is 4.28. The maximum Gasteiger partial charge on any atom is 0.416 e. The first-order valence-corrected chi connectivity index (χ1v) is 12.2. The van der Waals surface area contributed by atoms with E-state index in [4.69, 9.17) is 4.74 Å². The summed E-state index contributed by atoms with van der Waals surface area (Å²) >= 11 is 1.02. The number of amides is 1. The molecule has 0 atom stereocenters. The Labute approximate surface area is 217 Å². The molecule has 0 aliphatic heterocycles. The van der Waals surface area contributed by atoms with Crippen LogP contribution >= 0.6 is 11.8 Å². The Morgan fingerprint density at radius 2 is 1.84 bits per heavy atom. The van der Waals surface area contributed by atoms with Crippen molar-refractivity contribution in [2.45, 2.75) is 24.7 Å². The minimum atomic E-state index is -4.53. The highest BCUT2D eigenvalue weighted by atomic mass is 32.2. The second-order valence-electron chi connectivity index (χ2n) is 7.87. The minimum Gasteiger partial charge on any atom is -0.494 e. The number of thioether (sulfide) groups is 1. The average molecular weight is 547 g/mol. The Morgan fingerprint density at radius 1 is 1.08 bits per heavy atom. The highest BCUT2D eigenvalue weighted by Crippen LogP contribution is 2.31. The number of aromatic nitrogens is 5. The Bertz CT molecular complexity index is 1520. The van der Waals surface area contributed by atoms with Crippen LogP contribution in [-0.2, 0) is 17.4 Å². The fraction of sp³-hybridized carbons (Fsp3) is 0.208. The summed E-state index contributed by atoms with van der Waals surface area (Å²) in [5.41, 5.74) is -1.17. The van der Waals surface area contributed by atoms with E-state index in [1.54, 1.807) is 28.8 Å². The summed E-state index contributed by atoms with van der Waals surface area (Å²) in [6.45, 7) is 2.34. The number of rotatable bonds is 9. The second-order valence-corrected chi connectivity index (χ2v) is 8.81. The van der Waals surface area contributed by atoms with E-state index < -0.39 is 28.9 Å². The number of hydrogen-bond acceptors (Lipinski definition) is 7. The number of nitrogens with one attached hydrogen (secondary N) is 3. The van der Waals surface area contributed by atoms with Gasteiger partial charge in [0.1, 0.15) is 11.6 Å². The molecule has 2 aromatic carbocycles. The van der Waals surface area contributed by atoms with Gasteiger partial charge in [0.15, 0.2) is 5.16 Å². The Balaban J connectivity index is 1.57. The Morgan fingerprint density at radius 3 is 2.53 bits per heavy atom. The third-order valence-corrected chi connectivity index (χ3v) is 6.01. The first-order valence-electron chi connectivity index (χ1n) is 11.2. The maximum atomic E-state index is 13.0. The van der Waals surface area contributed by atoms with Crippen molar-refractivity contribution in [3.63, 3.8) is 0 Å². The van der Waals surface area contributed by atoms with Gasteiger partial charge in [-0.05, 0) is 49.4 Å². The first-order chi connectivity index (χ1) is 18.1. The summed E-state index contributed by atoms with van der Waals surface area (Å²) < 4.78 is 46.0. The summed E-state index contributed by atoms with van der Waals surface area (Å²) in [5, 5.41) is 11.1. The monoisotopic (exact) mass is 546 g/mol. The van der Waals surface area contributed by atoms with Gasteiger partial charge in [0.25, 0.3) is 5.56 Å². The normalized spacial score (nSPS) is 11.4. The zero-order valence-electron chi connectivity index (χ0n) is 19.8. The van der Waals surface area contributed by atoms with E-state index in [2.05, 4.69) is 25.5 Å². The lowest BCUT2D eigenvalue weighted by molar-refractivity contribution is -0.137. The molecule has 0 spiro atoms. The smallest absolute Gasteiger partial charge is 0.416 e. The van der Waals surface area contributed by atoms with Gasteiger partial charge in [-0.25, -0.2) is 4.79 Å². The number of carbonyl (C=O) groups excluding carboxylic acids is 1. The third kappa shape index (κ3) is 6.70. The lowest BCUT2D eigenvalue weighted by Crippen LogP contribution is -2.23. The topological polar surface area (TPSA) is 135 Å². The third-order valence-electron chi connectivity index (χ3n) is 5.08. The summed E-state index contributed by atoms with van der Waals surface area (Å²) in [4.78, 5) is 40.6. The predicted molar refractivity (Wildman–Crippen MR) is 134 cm³/mol. The number of carbonyl (C=O) groups is 1. The van der Waals surface area contributed by atoms with E-state index in [1.165, 1.54) is 18.2 Å². The molecule has 4 aromatic rings. The molecule has 4 rings (SSSR count). The lowest BCUT2D eigenvalue weighted by Gasteiger charge is -2.12. The molecule has 0 aliphatic carbocycles. The lowest BCUT2D eigenvalue weighted by atomic mass is 10.2. The van der Waals surface area contributed by atoms with E-state index in [-0.39, 0.29) is 17.9 Å². The van der Waals surface area contributed by atoms with Gasteiger partial charge in [0, 0.05) is 29.6 Å². The van der Waals surface area contributed by atoms with Crippen LogP contribution in [0.1, 0.15) is 24.0 Å². The molecule has 0 bridgehead atoms. The molecule has 2 aromatic heterocycles. The van der Waals surface area contributed by atoms with Crippen LogP contribution in [0, 0.1) is 0 Å². The SMILES string of the molecule is CCOc1ccc(-n2c(Cc3cc(=O)[nH]c(=O)[nH]3)nnc2SCC(=O)Nc2cccc(C(F)(F)F)c2)cc1. The molecular weight excluding hydrogens is 525 g/mol. The van der Waals surface area contributed by atoms with Crippen LogP contribution in [0.4, 0.5) is 18.9 Å². The van der Waals surface area contributed by atoms with Crippen LogP contribution in [0.2, 0.25) is 0 Å². The molecule has 0 radical (unpaired) electrons. The van der Waals surface area contributed by atoms with Crippen LogP contribution in [0.25, 0.3) is 5.69 Å². The number of anilines is 1. The molecule has 0 saturated heterocycles. The van der Waals surface area contributed by atoms with Crippen molar-refractivity contribution >= 4 is 23.4 Å². The van der Waals surface area contributed by atoms with Gasteiger partial charge < -0.3 is 15.0 Å². The Kier molecular flexibility index (Phi) is 8.00. The van der Waals surface area contributed by atoms with E-state index in [1.807, 2.05) is 6.92 Å². The molecule has 38 heavy (non-hydrogen) atoms. The summed E-state index contributed by atoms with van der Waals surface area (Å²) in [6.07, 6.45) is -4.48. The molecule has 0 unspecified atom stereocenters. The number of halogens is 3. The number of H-pyrrole nitrogens is 2. The number of ether oxygens (including phenoxy) is 1. The molecule has 14 heteroatoms. The molecule has 0 saturated carbocycles. The van der Waals surface area contributed by atoms with Crippen molar-refractivity contribution in [1.29, 1.82) is 0 Å². The van der Waals surface area contributed by atoms with Crippen LogP contribution in [-0.4, -0.2) is 43.0 Å². The molecule has 2 heterocycles. The molecular formula is C24H21F3N6O4S. The van der Waals surface area contributed by atoms with E-state index >= 15 is 0 Å². The van der Waals surface area contributed by atoms with Gasteiger partial charge in [-0.15, -0.1) is 10.2 Å². The maximum absolute atomic E-state index is 13.0. The fourth-order valence-electron chi connectivity index (χ4n) is 3.51. The number of nitrogens with zero attached hydrogens (tertiary/aromatic N) is 3. The van der Waals surface area contributed by atoms with Gasteiger partial charge in [-0.2, -0.15) is 13.2 Å². The van der Waals surface area contributed by atoms with E-state index in [0.717, 1.165) is 23.9 Å². The average Bonchev–Trinajstić information content (AvgIpc) is 3.24. The van der Waals surface area contributed by atoms with Crippen molar-refractivity contribution < 1.29 is 22.7 Å². The molecule has 10 nitrogen and oxygen atoms in total. The van der Waals surface area contributed by atoms with Crippen LogP contribution in [0.15, 0.2) is 69.3 Å². The standard InChI is InChI=1S/C24H21F3N6O4S/c1-2-37-18-8-6-17(7-9-18)33-19(11-16-12-20(34)30-22(36)29-16)31-32-23(33)38-13-21(35)28-15-5-3-4-14(10-15)24(25,26)27/h3-10,12H,2,11,13H2,1H3,(H,28,35)(H2,29,30,34,36). The van der Waals surface area contributed by atoms with E-state index in [0.29, 0.717) is 34.7 Å². The van der Waals surface area contributed by atoms with Crippen LogP contribution in [0.5, 0.6) is 5.75 Å². The zero-order valence-corrected chi connectivity index (χ0v) is 20.7. The van der Waals surface area contributed by atoms with Gasteiger partial charge in [0.05, 0.1) is 17.9 Å². The number of hydrogen-bond donors (Lipinski definition) is 3. The van der Waals surface area contributed by atoms with E-state index in [9.17, 15) is 27.6 Å². The zero-order chi connectivity index (χ0) is 27.3. The molecule has 1 amide bonds. The van der Waals surface area contributed by atoms with Crippen molar-refractivity contribution in [2.75, 3.05) is 17.7 Å². The second kappa shape index (κ2) is 11.4. The van der Waals surface area contributed by atoms with Gasteiger partial charge in [-0.1, -0.05) is 17.8 Å². The molecule has 3 N–H and O–H groups in total. The summed E-state index contributed by atoms with van der Waals surface area (Å²) in [5.74, 6) is 0.291. The van der Waals surface area contributed by atoms with Gasteiger partial charge >= 0.3 is 11.9 Å². The number of benzene rings is 2. The van der Waals surface area contributed by atoms with Crippen molar-refractivity contribution in [3.8, 4) is 11.4 Å². The summed E-state index contributed by atoms with van der Waals surface area (Å²) in [6, 6.07) is 12.6. The van der Waals surface area contributed by atoms with Crippen molar-refractivity contribution in [1.82, 2.24) is 24.7 Å². The first kappa shape index (κ1) is 26.7. The molecule has 198 valence electrons. The largest absolute Gasteiger partial charge is 0.494 e. The molecule has 0 fully saturated rings. The number of aromatic amines is 2. The van der Waals surface area contributed by atoms with Crippen molar-refractivity contribution in [3.05, 3.63) is 92.5 Å². The number of alkyl halides is 3. The quantitative estimate of drug-likeness (QED) is 0.274. The Hall–Kier alpha value is -4.33. The predicted octanol–water partition coefficient (Wildman–Crippen LogP) is 3.38. The van der Waals surface area contributed by atoms with Gasteiger partial charge in [0.2, 0.25) is 5.91 Å². The van der Waals surface area contributed by atoms with Crippen molar-refractivity contribution in [2.24, 2.45) is 0 Å².